The monoisotopic (exact) mass is 307 g/mol. The van der Waals surface area contributed by atoms with Crippen molar-refractivity contribution in [1.29, 1.82) is 0 Å². The van der Waals surface area contributed by atoms with E-state index in [1.165, 1.54) is 6.92 Å². The van der Waals surface area contributed by atoms with Crippen LogP contribution in [0, 0.1) is 16.0 Å². The van der Waals surface area contributed by atoms with Crippen molar-refractivity contribution in [3.8, 4) is 0 Å². The minimum absolute atomic E-state index is 0.417. The number of carbonyl (C=O) groups excluding carboxylic acids is 2. The third kappa shape index (κ3) is 5.27. The van der Waals surface area contributed by atoms with Gasteiger partial charge in [0, 0.05) is 10.8 Å². The standard InChI is InChI=1S/C16H21NO5/c1-11(14(18)15(19)22-16(2,3)4)13(10-17(20)21)12-8-6-5-7-9-12/h5-9,11,13H,10H2,1-4H3/t11-,13-/m1/s1. The van der Waals surface area contributed by atoms with Gasteiger partial charge in [-0.1, -0.05) is 37.3 Å². The molecule has 0 N–H and O–H groups in total. The molecule has 0 saturated carbocycles. The Bertz CT molecular complexity index is 547. The van der Waals surface area contributed by atoms with E-state index in [4.69, 9.17) is 4.74 Å². The number of Topliss-reactive ketones (excluding diaryl/α,β-unsaturated/α-hetero) is 1. The molecule has 1 rings (SSSR count). The van der Waals surface area contributed by atoms with E-state index in [1.54, 1.807) is 51.1 Å². The molecule has 2 atom stereocenters. The van der Waals surface area contributed by atoms with Gasteiger partial charge in [-0.15, -0.1) is 0 Å². The first-order valence-electron chi connectivity index (χ1n) is 7.05. The zero-order valence-corrected chi connectivity index (χ0v) is 13.2. The zero-order chi connectivity index (χ0) is 16.9. The first kappa shape index (κ1) is 17.8. The second-order valence-electron chi connectivity index (χ2n) is 6.19. The van der Waals surface area contributed by atoms with Gasteiger partial charge < -0.3 is 4.74 Å². The number of rotatable bonds is 6. The molecule has 0 radical (unpaired) electrons. The highest BCUT2D eigenvalue weighted by Crippen LogP contribution is 2.26. The van der Waals surface area contributed by atoms with E-state index < -0.39 is 40.7 Å². The van der Waals surface area contributed by atoms with Crippen molar-refractivity contribution in [3.05, 3.63) is 46.0 Å². The average molecular weight is 307 g/mol. The van der Waals surface area contributed by atoms with E-state index >= 15 is 0 Å². The number of nitro groups is 1. The van der Waals surface area contributed by atoms with E-state index in [-0.39, 0.29) is 0 Å². The van der Waals surface area contributed by atoms with Gasteiger partial charge in [-0.3, -0.25) is 14.9 Å². The minimum Gasteiger partial charge on any atom is -0.454 e. The summed E-state index contributed by atoms with van der Waals surface area (Å²) in [5.74, 6) is -3.20. The van der Waals surface area contributed by atoms with Crippen molar-refractivity contribution in [1.82, 2.24) is 0 Å². The van der Waals surface area contributed by atoms with Gasteiger partial charge in [0.05, 0.1) is 5.92 Å². The van der Waals surface area contributed by atoms with Gasteiger partial charge in [-0.05, 0) is 26.3 Å². The summed E-state index contributed by atoms with van der Waals surface area (Å²) in [6.07, 6.45) is 0. The van der Waals surface area contributed by atoms with Crippen molar-refractivity contribution < 1.29 is 19.2 Å². The lowest BCUT2D eigenvalue weighted by Gasteiger charge is -2.23. The summed E-state index contributed by atoms with van der Waals surface area (Å²) < 4.78 is 5.05. The molecule has 0 amide bonds. The highest BCUT2D eigenvalue weighted by molar-refractivity contribution is 6.34. The van der Waals surface area contributed by atoms with E-state index in [9.17, 15) is 19.7 Å². The third-order valence-corrected chi connectivity index (χ3v) is 3.19. The highest BCUT2D eigenvalue weighted by atomic mass is 16.6. The lowest BCUT2D eigenvalue weighted by molar-refractivity contribution is -0.484. The SMILES string of the molecule is C[C@@H](C(=O)C(=O)OC(C)(C)C)[C@@H](C[N+](=O)[O-])c1ccccc1. The Morgan fingerprint density at radius 1 is 1.23 bits per heavy atom. The molecular formula is C16H21NO5. The molecule has 0 aromatic heterocycles. The van der Waals surface area contributed by atoms with Crippen LogP contribution in [0.1, 0.15) is 39.2 Å². The predicted molar refractivity (Wildman–Crippen MR) is 81.1 cm³/mol. The summed E-state index contributed by atoms with van der Waals surface area (Å²) in [6.45, 7) is 6.09. The van der Waals surface area contributed by atoms with Gasteiger partial charge in [-0.2, -0.15) is 0 Å². The molecule has 0 aliphatic rings. The Labute approximate surface area is 129 Å². The second-order valence-corrected chi connectivity index (χ2v) is 6.19. The number of hydrogen-bond donors (Lipinski definition) is 0. The van der Waals surface area contributed by atoms with Crippen LogP contribution in [0.5, 0.6) is 0 Å². The molecule has 22 heavy (non-hydrogen) atoms. The molecule has 0 aliphatic heterocycles. The first-order valence-corrected chi connectivity index (χ1v) is 7.05. The third-order valence-electron chi connectivity index (χ3n) is 3.19. The normalized spacial score (nSPS) is 14.0. The molecule has 0 fully saturated rings. The number of hydrogen-bond acceptors (Lipinski definition) is 5. The average Bonchev–Trinajstić information content (AvgIpc) is 2.42. The van der Waals surface area contributed by atoms with Gasteiger partial charge in [0.25, 0.3) is 0 Å². The summed E-state index contributed by atoms with van der Waals surface area (Å²) in [7, 11) is 0. The molecule has 6 nitrogen and oxygen atoms in total. The number of esters is 1. The Morgan fingerprint density at radius 2 is 1.77 bits per heavy atom. The van der Waals surface area contributed by atoms with Crippen LogP contribution < -0.4 is 0 Å². The van der Waals surface area contributed by atoms with E-state index in [1.807, 2.05) is 0 Å². The van der Waals surface area contributed by atoms with Crippen molar-refractivity contribution in [2.75, 3.05) is 6.54 Å². The van der Waals surface area contributed by atoms with Crippen LogP contribution in [-0.2, 0) is 14.3 Å². The van der Waals surface area contributed by atoms with Gasteiger partial charge in [0.2, 0.25) is 12.3 Å². The quantitative estimate of drug-likeness (QED) is 0.349. The number of nitrogens with zero attached hydrogens (tertiary/aromatic N) is 1. The molecule has 0 unspecified atom stereocenters. The van der Waals surface area contributed by atoms with Crippen LogP contribution in [0.2, 0.25) is 0 Å². The number of benzene rings is 1. The van der Waals surface area contributed by atoms with E-state index in [0.717, 1.165) is 0 Å². The summed E-state index contributed by atoms with van der Waals surface area (Å²) in [5, 5.41) is 10.9. The topological polar surface area (TPSA) is 86.5 Å². The Hall–Kier alpha value is -2.24. The first-order chi connectivity index (χ1) is 10.1. The van der Waals surface area contributed by atoms with Gasteiger partial charge in [0.1, 0.15) is 5.60 Å². The van der Waals surface area contributed by atoms with Crippen molar-refractivity contribution in [2.24, 2.45) is 5.92 Å². The van der Waals surface area contributed by atoms with Crippen LogP contribution in [0.4, 0.5) is 0 Å². The molecule has 0 saturated heterocycles. The van der Waals surface area contributed by atoms with E-state index in [0.29, 0.717) is 5.56 Å². The lowest BCUT2D eigenvalue weighted by Crippen LogP contribution is -2.35. The lowest BCUT2D eigenvalue weighted by atomic mass is 9.84. The van der Waals surface area contributed by atoms with Gasteiger partial charge in [-0.25, -0.2) is 4.79 Å². The zero-order valence-electron chi connectivity index (χ0n) is 13.2. The van der Waals surface area contributed by atoms with Crippen LogP contribution in [0.15, 0.2) is 30.3 Å². The van der Waals surface area contributed by atoms with Crippen LogP contribution in [0.25, 0.3) is 0 Å². The largest absolute Gasteiger partial charge is 0.454 e. The second kappa shape index (κ2) is 7.15. The van der Waals surface area contributed by atoms with Crippen LogP contribution >= 0.6 is 0 Å². The summed E-state index contributed by atoms with van der Waals surface area (Å²) >= 11 is 0. The summed E-state index contributed by atoms with van der Waals surface area (Å²) in [4.78, 5) is 34.5. The summed E-state index contributed by atoms with van der Waals surface area (Å²) in [5.41, 5.74) is -0.124. The fraction of sp³-hybridized carbons (Fsp3) is 0.500. The molecule has 1 aromatic carbocycles. The molecular weight excluding hydrogens is 286 g/mol. The maximum absolute atomic E-state index is 12.2. The summed E-state index contributed by atoms with van der Waals surface area (Å²) in [6, 6.07) is 8.70. The Morgan fingerprint density at radius 3 is 2.23 bits per heavy atom. The van der Waals surface area contributed by atoms with Crippen molar-refractivity contribution >= 4 is 11.8 Å². The molecule has 0 bridgehead atoms. The number of ether oxygens (including phenoxy) is 1. The smallest absolute Gasteiger partial charge is 0.375 e. The Kier molecular flexibility index (Phi) is 5.79. The maximum atomic E-state index is 12.2. The van der Waals surface area contributed by atoms with Gasteiger partial charge >= 0.3 is 5.97 Å². The van der Waals surface area contributed by atoms with Crippen LogP contribution in [-0.4, -0.2) is 28.8 Å². The van der Waals surface area contributed by atoms with Gasteiger partial charge in [0.15, 0.2) is 0 Å². The fourth-order valence-corrected chi connectivity index (χ4v) is 2.11. The fourth-order valence-electron chi connectivity index (χ4n) is 2.11. The molecule has 1 aromatic rings. The predicted octanol–water partition coefficient (Wildman–Crippen LogP) is 2.59. The Balaban J connectivity index is 2.97. The van der Waals surface area contributed by atoms with Crippen LogP contribution in [0.3, 0.4) is 0 Å². The molecule has 0 spiro atoms. The minimum atomic E-state index is -0.954. The molecule has 120 valence electrons. The van der Waals surface area contributed by atoms with Crippen molar-refractivity contribution in [3.63, 3.8) is 0 Å². The number of carbonyl (C=O) groups is 2. The van der Waals surface area contributed by atoms with Crippen molar-refractivity contribution in [2.45, 2.75) is 39.2 Å². The molecule has 0 aliphatic carbocycles. The molecule has 0 heterocycles. The van der Waals surface area contributed by atoms with E-state index in [2.05, 4.69) is 0 Å². The number of ketones is 1. The highest BCUT2D eigenvalue weighted by Gasteiger charge is 2.35. The maximum Gasteiger partial charge on any atom is 0.375 e. The molecule has 6 heteroatoms.